The lowest BCUT2D eigenvalue weighted by molar-refractivity contribution is -0.154. The highest BCUT2D eigenvalue weighted by Gasteiger charge is 2.55. The van der Waals surface area contributed by atoms with Crippen molar-refractivity contribution in [2.24, 2.45) is 5.16 Å². The Bertz CT molecular complexity index is 3510. The van der Waals surface area contributed by atoms with Gasteiger partial charge in [0.1, 0.15) is 41.5 Å². The van der Waals surface area contributed by atoms with Crippen molar-refractivity contribution in [2.45, 2.75) is 49.2 Å². The van der Waals surface area contributed by atoms with Crippen molar-refractivity contribution in [2.75, 3.05) is 29.3 Å². The Labute approximate surface area is 479 Å². The molecule has 4 heterocycles. The molecule has 418 valence electrons. The zero-order chi connectivity index (χ0) is 57.7. The SMILES string of the molecule is CC(=O)Oc1ccc(C(=O)CO/N=C(\C(=O)N[C@@H]2C(=O)N3C(C(=O)OC(c4ccccc4)c4ccccc4)=C(CSc4nnnn4CC(=O)OC(c4ccccc4)c4ccccc4)CS[C@@H]23)c2coc(NC(=O)CCl)n2)cc1OC(C)=O. The van der Waals surface area contributed by atoms with Gasteiger partial charge in [-0.3, -0.25) is 43.8 Å². The van der Waals surface area contributed by atoms with E-state index >= 15 is 0 Å². The molecule has 1 fully saturated rings. The van der Waals surface area contributed by atoms with Crippen LogP contribution in [0.5, 0.6) is 11.5 Å². The van der Waals surface area contributed by atoms with Gasteiger partial charge in [0, 0.05) is 30.9 Å². The first-order valence-corrected chi connectivity index (χ1v) is 27.3. The Morgan fingerprint density at radius 2 is 1.38 bits per heavy atom. The first kappa shape index (κ1) is 57.2. The molecular formula is C56H46ClN9O14S2. The zero-order valence-corrected chi connectivity index (χ0v) is 45.6. The number of thioether (sulfide) groups is 2. The minimum atomic E-state index is -1.30. The number of oxime groups is 1. The highest BCUT2D eigenvalue weighted by molar-refractivity contribution is 8.01. The van der Waals surface area contributed by atoms with Crippen molar-refractivity contribution in [3.05, 3.63) is 191 Å². The number of amides is 3. The first-order chi connectivity index (χ1) is 39.7. The number of anilines is 1. The van der Waals surface area contributed by atoms with Crippen molar-refractivity contribution in [1.29, 1.82) is 0 Å². The molecule has 1 saturated heterocycles. The molecule has 2 aliphatic rings. The number of fused-ring (bicyclic) bond motifs is 1. The minimum Gasteiger partial charge on any atom is -0.451 e. The average Bonchev–Trinajstić information content (AvgIpc) is 3.87. The molecule has 0 saturated carbocycles. The molecule has 2 atom stereocenters. The van der Waals surface area contributed by atoms with E-state index in [2.05, 4.69) is 36.3 Å². The maximum atomic E-state index is 14.9. The van der Waals surface area contributed by atoms with Gasteiger partial charge in [0.15, 0.2) is 36.0 Å². The predicted octanol–water partition coefficient (Wildman–Crippen LogP) is 6.40. The molecule has 7 aromatic rings. The van der Waals surface area contributed by atoms with E-state index in [0.29, 0.717) is 16.7 Å². The van der Waals surface area contributed by atoms with E-state index in [1.54, 1.807) is 48.5 Å². The second kappa shape index (κ2) is 26.7. The molecule has 26 heteroatoms. The highest BCUT2D eigenvalue weighted by atomic mass is 35.5. The van der Waals surface area contributed by atoms with Crippen LogP contribution in [0.15, 0.2) is 172 Å². The Balaban J connectivity index is 0.966. The Kier molecular flexibility index (Phi) is 18.6. The molecule has 5 aromatic carbocycles. The van der Waals surface area contributed by atoms with Crippen molar-refractivity contribution >= 4 is 94.2 Å². The number of ether oxygens (including phenoxy) is 4. The van der Waals surface area contributed by atoms with Crippen LogP contribution in [0, 0.1) is 0 Å². The fraction of sp³-hybridized carbons (Fsp3) is 0.196. The molecule has 2 aliphatic heterocycles. The number of tetrazole rings is 1. The van der Waals surface area contributed by atoms with Crippen LogP contribution < -0.4 is 20.1 Å². The summed E-state index contributed by atoms with van der Waals surface area (Å²) < 4.78 is 29.2. The third-order valence-electron chi connectivity index (χ3n) is 12.0. The third kappa shape index (κ3) is 13.9. The number of halogens is 1. The van der Waals surface area contributed by atoms with Crippen LogP contribution in [-0.2, 0) is 54.4 Å². The summed E-state index contributed by atoms with van der Waals surface area (Å²) in [6.45, 7) is 1.06. The number of nitrogens with zero attached hydrogens (tertiary/aromatic N) is 7. The lowest BCUT2D eigenvalue weighted by Gasteiger charge is -2.49. The van der Waals surface area contributed by atoms with Crippen LogP contribution in [0.4, 0.5) is 6.01 Å². The van der Waals surface area contributed by atoms with E-state index in [1.165, 1.54) is 33.5 Å². The Hall–Kier alpha value is -9.46. The number of hydrogen-bond acceptors (Lipinski definition) is 21. The summed E-state index contributed by atoms with van der Waals surface area (Å²) >= 11 is 7.97. The number of ketones is 1. The van der Waals surface area contributed by atoms with Crippen LogP contribution in [-0.4, -0.2) is 119 Å². The van der Waals surface area contributed by atoms with E-state index in [-0.39, 0.29) is 57.7 Å². The number of Topliss-reactive ketones (excluding diaryl/α,β-unsaturated/α-hetero) is 1. The number of hydrogen-bond donors (Lipinski definition) is 2. The maximum Gasteiger partial charge on any atom is 0.356 e. The number of carbonyl (C=O) groups excluding carboxylic acids is 8. The summed E-state index contributed by atoms with van der Waals surface area (Å²) in [5, 5.41) is 20.2. The van der Waals surface area contributed by atoms with Gasteiger partial charge in [-0.1, -0.05) is 138 Å². The number of esters is 4. The van der Waals surface area contributed by atoms with Gasteiger partial charge in [-0.25, -0.2) is 9.48 Å². The van der Waals surface area contributed by atoms with Crippen LogP contribution in [0.3, 0.4) is 0 Å². The number of benzene rings is 5. The standard InChI is InChI=1S/C56H46ClN9O14S2/c1-32(67)77-42-24-23-38(25-43(42)78-33(2)68)41(69)29-76-62-46(40-28-75-55(58-40)59-44(70)26-57)51(72)60-47-52(73)66-48(54(74)80-50(36-19-11-5-12-20-36)37-21-13-6-14-22-37)39(30-81-53(47)66)31-82-56-61-63-64-65(56)27-45(71)79-49(34-15-7-3-8-16-34)35-17-9-4-10-18-35/h3-25,28,47,49-50,53H,26-27,29-31H2,1-2H3,(H,60,72)(H,58,59,70)/b62-46-/t47-,53+/m1/s1. The van der Waals surface area contributed by atoms with Crippen LogP contribution in [0.25, 0.3) is 0 Å². The molecule has 0 spiro atoms. The minimum absolute atomic E-state index is 0.0292. The van der Waals surface area contributed by atoms with Gasteiger partial charge in [-0.15, -0.1) is 28.5 Å². The van der Waals surface area contributed by atoms with E-state index in [4.69, 9.17) is 39.8 Å². The number of aromatic nitrogens is 5. The largest absolute Gasteiger partial charge is 0.451 e. The van der Waals surface area contributed by atoms with Crippen molar-refractivity contribution in [3.63, 3.8) is 0 Å². The van der Waals surface area contributed by atoms with Gasteiger partial charge in [0.25, 0.3) is 11.8 Å². The molecular weight excluding hydrogens is 1120 g/mol. The lowest BCUT2D eigenvalue weighted by atomic mass is 10.0. The lowest BCUT2D eigenvalue weighted by Crippen LogP contribution is -2.71. The number of rotatable bonds is 23. The Morgan fingerprint density at radius 3 is 1.96 bits per heavy atom. The fourth-order valence-corrected chi connectivity index (χ4v) is 10.8. The smallest absolute Gasteiger partial charge is 0.356 e. The summed E-state index contributed by atoms with van der Waals surface area (Å²) in [6.07, 6.45) is -0.690. The quantitative estimate of drug-likeness (QED) is 0.0102. The van der Waals surface area contributed by atoms with Gasteiger partial charge in [-0.05, 0) is 56.5 Å². The normalized spacial score (nSPS) is 14.8. The molecule has 3 amide bonds. The summed E-state index contributed by atoms with van der Waals surface area (Å²) in [7, 11) is 0. The van der Waals surface area contributed by atoms with Crippen LogP contribution in [0.2, 0.25) is 0 Å². The van der Waals surface area contributed by atoms with Gasteiger partial charge >= 0.3 is 29.9 Å². The molecule has 2 aromatic heterocycles. The fourth-order valence-electron chi connectivity index (χ4n) is 8.36. The van der Waals surface area contributed by atoms with E-state index in [9.17, 15) is 38.4 Å². The number of alkyl halides is 1. The van der Waals surface area contributed by atoms with Crippen LogP contribution in [0.1, 0.15) is 64.4 Å². The molecule has 23 nitrogen and oxygen atoms in total. The number of β-lactam (4-membered cyclic amide) rings is 1. The average molecular weight is 1170 g/mol. The van der Waals surface area contributed by atoms with Gasteiger partial charge in [0.05, 0.1) is 0 Å². The number of oxazole rings is 1. The summed E-state index contributed by atoms with van der Waals surface area (Å²) in [5.74, 6) is -6.85. The molecule has 0 radical (unpaired) electrons. The summed E-state index contributed by atoms with van der Waals surface area (Å²) in [6, 6.07) is 38.5. The second-order valence-corrected chi connectivity index (χ2v) is 20.0. The van der Waals surface area contributed by atoms with Crippen molar-refractivity contribution in [3.8, 4) is 11.5 Å². The van der Waals surface area contributed by atoms with E-state index in [1.807, 2.05) is 72.8 Å². The van der Waals surface area contributed by atoms with Gasteiger partial charge in [-0.2, -0.15) is 4.98 Å². The maximum absolute atomic E-state index is 14.9. The second-order valence-electron chi connectivity index (χ2n) is 17.7. The van der Waals surface area contributed by atoms with E-state index < -0.39 is 89.2 Å². The van der Waals surface area contributed by atoms with Gasteiger partial charge in [0.2, 0.25) is 16.8 Å². The summed E-state index contributed by atoms with van der Waals surface area (Å²) in [5.41, 5.74) is 2.15. The molecule has 0 aliphatic carbocycles. The first-order valence-electron chi connectivity index (χ1n) is 24.8. The van der Waals surface area contributed by atoms with Crippen LogP contribution >= 0.6 is 35.1 Å². The molecule has 2 N–H and O–H groups in total. The topological polar surface area (TPSA) is 292 Å². The molecule has 0 bridgehead atoms. The molecule has 82 heavy (non-hydrogen) atoms. The van der Waals surface area contributed by atoms with Crippen molar-refractivity contribution in [1.82, 2.24) is 35.4 Å². The number of nitrogens with one attached hydrogen (secondary N) is 2. The highest BCUT2D eigenvalue weighted by Crippen LogP contribution is 2.43. The van der Waals surface area contributed by atoms with Crippen molar-refractivity contribution < 1.29 is 66.6 Å². The monoisotopic (exact) mass is 1170 g/mol. The summed E-state index contributed by atoms with van der Waals surface area (Å²) in [4.78, 5) is 117. The zero-order valence-electron chi connectivity index (χ0n) is 43.2. The third-order valence-corrected chi connectivity index (χ3v) is 14.6. The Morgan fingerprint density at radius 1 is 0.793 bits per heavy atom. The predicted molar refractivity (Wildman–Crippen MR) is 294 cm³/mol. The van der Waals surface area contributed by atoms with Gasteiger partial charge < -0.3 is 33.5 Å². The number of carbonyl (C=O) groups is 8. The molecule has 0 unspecified atom stereocenters. The van der Waals surface area contributed by atoms with E-state index in [0.717, 1.165) is 49.1 Å². The molecule has 9 rings (SSSR count).